The zero-order chi connectivity index (χ0) is 22.8. The zero-order valence-corrected chi connectivity index (χ0v) is 18.4. The number of hydrogen-bond donors (Lipinski definition) is 1. The summed E-state index contributed by atoms with van der Waals surface area (Å²) in [7, 11) is 0. The van der Waals surface area contributed by atoms with E-state index in [2.05, 4.69) is 22.4 Å². The van der Waals surface area contributed by atoms with E-state index < -0.39 is 10.8 Å². The summed E-state index contributed by atoms with van der Waals surface area (Å²) in [5, 5.41) is 23.0. The number of anilines is 2. The summed E-state index contributed by atoms with van der Waals surface area (Å²) in [4.78, 5) is 37.7. The molecule has 0 bridgehead atoms. The number of rotatable bonds is 6. The van der Waals surface area contributed by atoms with E-state index in [1.54, 1.807) is 24.0 Å². The van der Waals surface area contributed by atoms with Crippen molar-refractivity contribution in [1.82, 2.24) is 10.2 Å². The van der Waals surface area contributed by atoms with Crippen LogP contribution >= 0.6 is 11.3 Å². The molecule has 2 amide bonds. The first-order valence-corrected chi connectivity index (χ1v) is 11.0. The Hall–Kier alpha value is -3.66. The normalized spacial score (nSPS) is 15.8. The number of carbonyl (C=O) groups excluding carboxylic acids is 2. The standard InChI is InChI=1S/C22H21N5O4S/c1-3-14-7-9-16(10-8-14)26-12-15(11-18(26)28)21-24-25-22(32-21)23-20(29)17-6-4-5-13(2)19(17)27(30)31/h4-10,15H,3,11-12H2,1-2H3,(H,23,25,29). The molecule has 9 nitrogen and oxygen atoms in total. The van der Waals surface area contributed by atoms with Crippen LogP contribution in [-0.2, 0) is 11.2 Å². The Labute approximate surface area is 188 Å². The number of benzene rings is 2. The molecule has 32 heavy (non-hydrogen) atoms. The van der Waals surface area contributed by atoms with Crippen molar-refractivity contribution in [2.75, 3.05) is 16.8 Å². The molecular formula is C22H21N5O4S. The lowest BCUT2D eigenvalue weighted by Gasteiger charge is -2.16. The molecule has 0 radical (unpaired) electrons. The number of nitrogens with one attached hydrogen (secondary N) is 1. The molecule has 1 N–H and O–H groups in total. The highest BCUT2D eigenvalue weighted by molar-refractivity contribution is 7.15. The van der Waals surface area contributed by atoms with Gasteiger partial charge in [0.25, 0.3) is 11.6 Å². The summed E-state index contributed by atoms with van der Waals surface area (Å²) in [6.45, 7) is 4.14. The molecule has 0 aliphatic carbocycles. The van der Waals surface area contributed by atoms with Gasteiger partial charge in [-0.3, -0.25) is 25.0 Å². The van der Waals surface area contributed by atoms with E-state index in [9.17, 15) is 19.7 Å². The third kappa shape index (κ3) is 4.22. The van der Waals surface area contributed by atoms with Crippen LogP contribution in [-0.4, -0.2) is 33.5 Å². The summed E-state index contributed by atoms with van der Waals surface area (Å²) < 4.78 is 0. The lowest BCUT2D eigenvalue weighted by atomic mass is 10.1. The lowest BCUT2D eigenvalue weighted by molar-refractivity contribution is -0.385. The molecule has 3 aromatic rings. The molecule has 2 aromatic carbocycles. The molecular weight excluding hydrogens is 430 g/mol. The number of aryl methyl sites for hydroxylation is 2. The molecule has 10 heteroatoms. The maximum atomic E-state index is 12.6. The van der Waals surface area contributed by atoms with Crippen molar-refractivity contribution < 1.29 is 14.5 Å². The predicted octanol–water partition coefficient (Wildman–Crippen LogP) is 4.09. The molecule has 0 saturated carbocycles. The second kappa shape index (κ2) is 8.83. The highest BCUT2D eigenvalue weighted by Gasteiger charge is 2.34. The molecule has 1 aromatic heterocycles. The van der Waals surface area contributed by atoms with E-state index in [1.165, 1.54) is 23.0 Å². The molecule has 1 unspecified atom stereocenters. The van der Waals surface area contributed by atoms with Gasteiger partial charge in [-0.15, -0.1) is 10.2 Å². The van der Waals surface area contributed by atoms with Gasteiger partial charge in [0.15, 0.2) is 0 Å². The van der Waals surface area contributed by atoms with Gasteiger partial charge >= 0.3 is 0 Å². The van der Waals surface area contributed by atoms with Crippen molar-refractivity contribution in [3.05, 3.63) is 74.3 Å². The Morgan fingerprint density at radius 3 is 2.69 bits per heavy atom. The van der Waals surface area contributed by atoms with Gasteiger partial charge in [-0.25, -0.2) is 0 Å². The Morgan fingerprint density at radius 1 is 1.25 bits per heavy atom. The summed E-state index contributed by atoms with van der Waals surface area (Å²) >= 11 is 1.17. The fraction of sp³-hybridized carbons (Fsp3) is 0.273. The van der Waals surface area contributed by atoms with Gasteiger partial charge in [0.2, 0.25) is 11.0 Å². The molecule has 2 heterocycles. The summed E-state index contributed by atoms with van der Waals surface area (Å²) in [6, 6.07) is 12.5. The predicted molar refractivity (Wildman–Crippen MR) is 121 cm³/mol. The van der Waals surface area contributed by atoms with Gasteiger partial charge in [-0.05, 0) is 37.1 Å². The first kappa shape index (κ1) is 21.6. The highest BCUT2D eigenvalue weighted by Crippen LogP contribution is 2.34. The van der Waals surface area contributed by atoms with E-state index in [4.69, 9.17) is 0 Å². The van der Waals surface area contributed by atoms with Gasteiger partial charge < -0.3 is 4.90 Å². The van der Waals surface area contributed by atoms with Crippen LogP contribution in [0.5, 0.6) is 0 Å². The minimum atomic E-state index is -0.622. The van der Waals surface area contributed by atoms with Crippen molar-refractivity contribution in [2.45, 2.75) is 32.6 Å². The molecule has 0 spiro atoms. The average molecular weight is 452 g/mol. The Morgan fingerprint density at radius 2 is 2.00 bits per heavy atom. The summed E-state index contributed by atoms with van der Waals surface area (Å²) in [5.41, 5.74) is 2.18. The number of nitro benzene ring substituents is 1. The van der Waals surface area contributed by atoms with Crippen molar-refractivity contribution in [3.8, 4) is 0 Å². The molecule has 1 aliphatic rings. The average Bonchev–Trinajstić information content (AvgIpc) is 3.39. The molecule has 164 valence electrons. The fourth-order valence-corrected chi connectivity index (χ4v) is 4.56. The third-order valence-electron chi connectivity index (χ3n) is 5.46. The topological polar surface area (TPSA) is 118 Å². The summed E-state index contributed by atoms with van der Waals surface area (Å²) in [6.07, 6.45) is 1.24. The van der Waals surface area contributed by atoms with Crippen LogP contribution in [0.3, 0.4) is 0 Å². The van der Waals surface area contributed by atoms with E-state index in [0.717, 1.165) is 12.1 Å². The van der Waals surface area contributed by atoms with E-state index in [1.807, 2.05) is 24.3 Å². The lowest BCUT2D eigenvalue weighted by Crippen LogP contribution is -2.24. The van der Waals surface area contributed by atoms with Crippen LogP contribution in [0.1, 0.15) is 45.8 Å². The Balaban J connectivity index is 1.47. The number of para-hydroxylation sites is 1. The van der Waals surface area contributed by atoms with Crippen LogP contribution in [0, 0.1) is 17.0 Å². The molecule has 1 fully saturated rings. The third-order valence-corrected chi connectivity index (χ3v) is 6.46. The van der Waals surface area contributed by atoms with E-state index >= 15 is 0 Å². The fourth-order valence-electron chi connectivity index (χ4n) is 3.73. The van der Waals surface area contributed by atoms with Crippen molar-refractivity contribution in [2.24, 2.45) is 0 Å². The van der Waals surface area contributed by atoms with Gasteiger partial charge in [0.1, 0.15) is 10.6 Å². The number of carbonyl (C=O) groups is 2. The zero-order valence-electron chi connectivity index (χ0n) is 17.6. The van der Waals surface area contributed by atoms with Gasteiger partial charge in [-0.1, -0.05) is 42.5 Å². The van der Waals surface area contributed by atoms with E-state index in [0.29, 0.717) is 23.5 Å². The highest BCUT2D eigenvalue weighted by atomic mass is 32.1. The van der Waals surface area contributed by atoms with Crippen LogP contribution in [0.25, 0.3) is 0 Å². The van der Waals surface area contributed by atoms with Crippen LogP contribution in [0.2, 0.25) is 0 Å². The number of aromatic nitrogens is 2. The molecule has 1 aliphatic heterocycles. The van der Waals surface area contributed by atoms with Gasteiger partial charge in [-0.2, -0.15) is 0 Å². The summed E-state index contributed by atoms with van der Waals surface area (Å²) in [5.74, 6) is -0.747. The number of hydrogen-bond acceptors (Lipinski definition) is 7. The smallest absolute Gasteiger partial charge is 0.285 e. The molecule has 1 atom stereocenters. The second-order valence-corrected chi connectivity index (χ2v) is 8.56. The molecule has 1 saturated heterocycles. The quantitative estimate of drug-likeness (QED) is 0.445. The van der Waals surface area contributed by atoms with Gasteiger partial charge in [0, 0.05) is 30.1 Å². The van der Waals surface area contributed by atoms with Crippen molar-refractivity contribution >= 4 is 39.7 Å². The Bertz CT molecular complexity index is 1190. The minimum absolute atomic E-state index is 0.00965. The SMILES string of the molecule is CCc1ccc(N2CC(c3nnc(NC(=O)c4cccc(C)c4[N+](=O)[O-])s3)CC2=O)cc1. The monoisotopic (exact) mass is 451 g/mol. The van der Waals surface area contributed by atoms with Crippen molar-refractivity contribution in [3.63, 3.8) is 0 Å². The van der Waals surface area contributed by atoms with Crippen LogP contribution < -0.4 is 10.2 Å². The number of nitro groups is 1. The van der Waals surface area contributed by atoms with Gasteiger partial charge in [0.05, 0.1) is 4.92 Å². The van der Waals surface area contributed by atoms with Crippen molar-refractivity contribution in [1.29, 1.82) is 0 Å². The van der Waals surface area contributed by atoms with Crippen LogP contribution in [0.4, 0.5) is 16.5 Å². The number of amides is 2. The van der Waals surface area contributed by atoms with Crippen LogP contribution in [0.15, 0.2) is 42.5 Å². The molecule has 4 rings (SSSR count). The largest absolute Gasteiger partial charge is 0.312 e. The number of nitrogens with zero attached hydrogens (tertiary/aromatic N) is 4. The first-order chi connectivity index (χ1) is 15.4. The maximum Gasteiger partial charge on any atom is 0.285 e. The minimum Gasteiger partial charge on any atom is -0.312 e. The van der Waals surface area contributed by atoms with E-state index in [-0.39, 0.29) is 28.2 Å². The first-order valence-electron chi connectivity index (χ1n) is 10.2. The second-order valence-electron chi connectivity index (χ2n) is 7.55. The Kier molecular flexibility index (Phi) is 5.95. The maximum absolute atomic E-state index is 12.6.